The molecular formula is C11H19F3N2O. The molecule has 2 amide bonds. The van der Waals surface area contributed by atoms with Crippen molar-refractivity contribution in [3.63, 3.8) is 0 Å². The van der Waals surface area contributed by atoms with Gasteiger partial charge in [0, 0.05) is 12.6 Å². The van der Waals surface area contributed by atoms with Crippen LogP contribution >= 0.6 is 0 Å². The fourth-order valence-electron chi connectivity index (χ4n) is 2.15. The van der Waals surface area contributed by atoms with Gasteiger partial charge in [-0.2, -0.15) is 13.2 Å². The van der Waals surface area contributed by atoms with E-state index in [4.69, 9.17) is 0 Å². The molecule has 1 unspecified atom stereocenters. The van der Waals surface area contributed by atoms with Crippen LogP contribution in [0, 0.1) is 0 Å². The van der Waals surface area contributed by atoms with E-state index in [2.05, 4.69) is 0 Å². The Bertz CT molecular complexity index is 256. The summed E-state index contributed by atoms with van der Waals surface area (Å²) in [5.41, 5.74) is 0. The van der Waals surface area contributed by atoms with Gasteiger partial charge in [0.05, 0.1) is 0 Å². The first-order valence-electron chi connectivity index (χ1n) is 6.05. The highest BCUT2D eigenvalue weighted by atomic mass is 19.4. The Kier molecular flexibility index (Phi) is 5.08. The highest BCUT2D eigenvalue weighted by Crippen LogP contribution is 2.19. The highest BCUT2D eigenvalue weighted by molar-refractivity contribution is 5.74. The normalized spacial score (nSPS) is 22.1. The first-order chi connectivity index (χ1) is 7.94. The fourth-order valence-corrected chi connectivity index (χ4v) is 2.15. The maximum absolute atomic E-state index is 12.0. The van der Waals surface area contributed by atoms with Crippen LogP contribution in [0.1, 0.15) is 39.0 Å². The van der Waals surface area contributed by atoms with Crippen molar-refractivity contribution in [2.24, 2.45) is 0 Å². The molecule has 1 heterocycles. The second-order valence-corrected chi connectivity index (χ2v) is 4.38. The van der Waals surface area contributed by atoms with Crippen LogP contribution < -0.4 is 5.32 Å². The van der Waals surface area contributed by atoms with Crippen molar-refractivity contribution in [3.05, 3.63) is 0 Å². The molecule has 1 aliphatic heterocycles. The molecule has 0 aliphatic carbocycles. The Morgan fingerprint density at radius 3 is 2.65 bits per heavy atom. The third-order valence-corrected chi connectivity index (χ3v) is 3.05. The molecule has 0 bridgehead atoms. The number of halogens is 3. The number of alkyl halides is 3. The number of nitrogens with zero attached hydrogens (tertiary/aromatic N) is 1. The first kappa shape index (κ1) is 14.1. The maximum Gasteiger partial charge on any atom is 0.405 e. The van der Waals surface area contributed by atoms with Crippen LogP contribution in [0.25, 0.3) is 0 Å². The molecule has 0 saturated carbocycles. The summed E-state index contributed by atoms with van der Waals surface area (Å²) in [6.07, 6.45) is 0.287. The van der Waals surface area contributed by atoms with E-state index in [1.54, 1.807) is 4.90 Å². The quantitative estimate of drug-likeness (QED) is 0.805. The van der Waals surface area contributed by atoms with Gasteiger partial charge >= 0.3 is 12.2 Å². The van der Waals surface area contributed by atoms with E-state index in [-0.39, 0.29) is 6.04 Å². The lowest BCUT2D eigenvalue weighted by atomic mass is 10.1. The van der Waals surface area contributed by atoms with Gasteiger partial charge in [-0.1, -0.05) is 19.8 Å². The average molecular weight is 252 g/mol. The summed E-state index contributed by atoms with van der Waals surface area (Å²) in [5, 5.41) is 1.95. The van der Waals surface area contributed by atoms with Gasteiger partial charge in [0.2, 0.25) is 0 Å². The molecule has 0 aromatic heterocycles. The number of nitrogens with one attached hydrogen (secondary N) is 1. The van der Waals surface area contributed by atoms with E-state index in [1.165, 1.54) is 0 Å². The summed E-state index contributed by atoms with van der Waals surface area (Å²) in [5.74, 6) is 0. The standard InChI is InChI=1S/C11H19F3N2O/c1-2-9-6-4-3-5-7-16(9)10(17)15-8-11(12,13)14/h9H,2-8H2,1H3,(H,15,17). The Balaban J connectivity index is 2.52. The highest BCUT2D eigenvalue weighted by Gasteiger charge is 2.30. The number of carbonyl (C=O) groups excluding carboxylic acids is 1. The number of rotatable bonds is 2. The second kappa shape index (κ2) is 6.12. The molecule has 0 radical (unpaired) electrons. The Morgan fingerprint density at radius 1 is 1.35 bits per heavy atom. The molecule has 1 N–H and O–H groups in total. The van der Waals surface area contributed by atoms with Crippen LogP contribution in [0.3, 0.4) is 0 Å². The van der Waals surface area contributed by atoms with Crippen molar-refractivity contribution in [2.45, 2.75) is 51.2 Å². The van der Waals surface area contributed by atoms with Gasteiger partial charge in [-0.15, -0.1) is 0 Å². The van der Waals surface area contributed by atoms with Gasteiger partial charge < -0.3 is 10.2 Å². The number of likely N-dealkylation sites (tertiary alicyclic amines) is 1. The second-order valence-electron chi connectivity index (χ2n) is 4.38. The number of amides is 2. The fraction of sp³-hybridized carbons (Fsp3) is 0.909. The Morgan fingerprint density at radius 2 is 2.06 bits per heavy atom. The van der Waals surface area contributed by atoms with E-state index in [0.717, 1.165) is 32.1 Å². The van der Waals surface area contributed by atoms with Crippen molar-refractivity contribution in [3.8, 4) is 0 Å². The molecule has 0 aromatic rings. The van der Waals surface area contributed by atoms with Gasteiger partial charge in [0.25, 0.3) is 0 Å². The lowest BCUT2D eigenvalue weighted by molar-refractivity contribution is -0.123. The minimum Gasteiger partial charge on any atom is -0.329 e. The minimum absolute atomic E-state index is 0.0748. The number of carbonyl (C=O) groups is 1. The van der Waals surface area contributed by atoms with Crippen LogP contribution in [0.4, 0.5) is 18.0 Å². The first-order valence-corrected chi connectivity index (χ1v) is 6.05. The predicted octanol–water partition coefficient (Wildman–Crippen LogP) is 2.91. The maximum atomic E-state index is 12.0. The summed E-state index contributed by atoms with van der Waals surface area (Å²) in [6.45, 7) is 1.26. The molecule has 1 rings (SSSR count). The Labute approximate surface area is 99.4 Å². The molecule has 1 atom stereocenters. The van der Waals surface area contributed by atoms with Crippen LogP contribution in [-0.4, -0.2) is 36.2 Å². The largest absolute Gasteiger partial charge is 0.405 e. The molecule has 1 aliphatic rings. The van der Waals surface area contributed by atoms with Crippen LogP contribution in [0.2, 0.25) is 0 Å². The van der Waals surface area contributed by atoms with Crippen molar-refractivity contribution in [1.29, 1.82) is 0 Å². The minimum atomic E-state index is -4.34. The number of urea groups is 1. The van der Waals surface area contributed by atoms with E-state index < -0.39 is 18.8 Å². The topological polar surface area (TPSA) is 32.3 Å². The summed E-state index contributed by atoms with van der Waals surface area (Å²) < 4.78 is 36.0. The summed E-state index contributed by atoms with van der Waals surface area (Å²) in [6, 6.07) is -0.512. The van der Waals surface area contributed by atoms with E-state index >= 15 is 0 Å². The molecule has 6 heteroatoms. The van der Waals surface area contributed by atoms with Crippen molar-refractivity contribution in [1.82, 2.24) is 10.2 Å². The zero-order chi connectivity index (χ0) is 12.9. The molecule has 1 fully saturated rings. The van der Waals surface area contributed by atoms with Gasteiger partial charge in [0.1, 0.15) is 6.54 Å². The molecule has 17 heavy (non-hydrogen) atoms. The zero-order valence-electron chi connectivity index (χ0n) is 10.0. The van der Waals surface area contributed by atoms with Crippen LogP contribution in [0.5, 0.6) is 0 Å². The van der Waals surface area contributed by atoms with E-state index in [9.17, 15) is 18.0 Å². The lowest BCUT2D eigenvalue weighted by Crippen LogP contribution is -2.48. The van der Waals surface area contributed by atoms with Gasteiger partial charge in [-0.3, -0.25) is 0 Å². The zero-order valence-corrected chi connectivity index (χ0v) is 10.0. The van der Waals surface area contributed by atoms with Gasteiger partial charge in [-0.25, -0.2) is 4.79 Å². The monoisotopic (exact) mass is 252 g/mol. The van der Waals surface area contributed by atoms with Crippen LogP contribution in [0.15, 0.2) is 0 Å². The predicted molar refractivity (Wildman–Crippen MR) is 58.7 cm³/mol. The van der Waals surface area contributed by atoms with Gasteiger partial charge in [-0.05, 0) is 19.3 Å². The number of hydrogen-bond donors (Lipinski definition) is 1. The van der Waals surface area contributed by atoms with Gasteiger partial charge in [0.15, 0.2) is 0 Å². The average Bonchev–Trinajstić information content (AvgIpc) is 2.49. The molecular weight excluding hydrogens is 233 g/mol. The van der Waals surface area contributed by atoms with Crippen molar-refractivity contribution in [2.75, 3.05) is 13.1 Å². The third-order valence-electron chi connectivity index (χ3n) is 3.05. The van der Waals surface area contributed by atoms with Crippen LogP contribution in [-0.2, 0) is 0 Å². The van der Waals surface area contributed by atoms with E-state index in [1.807, 2.05) is 12.2 Å². The molecule has 1 saturated heterocycles. The molecule has 0 aromatic carbocycles. The Hall–Kier alpha value is -0.940. The summed E-state index contributed by atoms with van der Waals surface area (Å²) in [4.78, 5) is 13.2. The molecule has 0 spiro atoms. The third kappa shape index (κ3) is 4.83. The van der Waals surface area contributed by atoms with Crippen molar-refractivity contribution < 1.29 is 18.0 Å². The summed E-state index contributed by atoms with van der Waals surface area (Å²) in [7, 11) is 0. The van der Waals surface area contributed by atoms with E-state index in [0.29, 0.717) is 6.54 Å². The molecule has 100 valence electrons. The summed E-state index contributed by atoms with van der Waals surface area (Å²) >= 11 is 0. The lowest BCUT2D eigenvalue weighted by Gasteiger charge is -2.29. The number of hydrogen-bond acceptors (Lipinski definition) is 1. The van der Waals surface area contributed by atoms with Crippen molar-refractivity contribution >= 4 is 6.03 Å². The molecule has 3 nitrogen and oxygen atoms in total. The smallest absolute Gasteiger partial charge is 0.329 e. The SMILES string of the molecule is CCC1CCCCCN1C(=O)NCC(F)(F)F.